The first-order chi connectivity index (χ1) is 9.20. The highest BCUT2D eigenvalue weighted by Crippen LogP contribution is 2.15. The van der Waals surface area contributed by atoms with Gasteiger partial charge in [-0.1, -0.05) is 30.3 Å². The van der Waals surface area contributed by atoms with E-state index in [1.165, 1.54) is 0 Å². The zero-order chi connectivity index (χ0) is 13.7. The molecular weight excluding hydrogens is 260 g/mol. The summed E-state index contributed by atoms with van der Waals surface area (Å²) in [6, 6.07) is 15.8. The van der Waals surface area contributed by atoms with Crippen LogP contribution in [0.25, 0.3) is 0 Å². The van der Waals surface area contributed by atoms with Crippen LogP contribution in [0, 0.1) is 0 Å². The Balaban J connectivity index is 2.06. The van der Waals surface area contributed by atoms with Crippen LogP contribution < -0.4 is 4.74 Å². The van der Waals surface area contributed by atoms with E-state index in [1.807, 2.05) is 6.07 Å². The van der Waals surface area contributed by atoms with Gasteiger partial charge in [-0.05, 0) is 24.3 Å². The molecule has 3 nitrogen and oxygen atoms in total. The first-order valence-corrected chi connectivity index (χ1v) is 7.13. The maximum atomic E-state index is 12.1. The van der Waals surface area contributed by atoms with Crippen LogP contribution in [0.5, 0.6) is 5.75 Å². The molecule has 0 N–H and O–H groups in total. The molecule has 0 bridgehead atoms. The Kier molecular flexibility index (Phi) is 4.47. The van der Waals surface area contributed by atoms with Gasteiger partial charge in [0.15, 0.2) is 5.78 Å². The standard InChI is InChI=1S/C15H14O3S/c1-18-13-7-9-14(10-8-13)19(17)11-15(16)12-5-3-2-4-6-12/h2-10H,11H2,1H3. The number of benzene rings is 2. The third kappa shape index (κ3) is 3.51. The molecule has 0 saturated carbocycles. The molecule has 1 atom stereocenters. The average molecular weight is 274 g/mol. The topological polar surface area (TPSA) is 43.4 Å². The number of carbonyl (C=O) groups excluding carboxylic acids is 1. The van der Waals surface area contributed by atoms with Crippen LogP contribution >= 0.6 is 0 Å². The number of rotatable bonds is 5. The SMILES string of the molecule is COc1ccc(S(=O)CC(=O)c2ccccc2)cc1. The van der Waals surface area contributed by atoms with Gasteiger partial charge in [0, 0.05) is 10.5 Å². The molecule has 2 aromatic carbocycles. The van der Waals surface area contributed by atoms with Gasteiger partial charge in [0.1, 0.15) is 5.75 Å². The Morgan fingerprint density at radius 1 is 1.05 bits per heavy atom. The fourth-order valence-corrected chi connectivity index (χ4v) is 2.65. The van der Waals surface area contributed by atoms with Crippen molar-refractivity contribution in [1.29, 1.82) is 0 Å². The molecule has 0 aliphatic heterocycles. The van der Waals surface area contributed by atoms with Crippen molar-refractivity contribution in [3.63, 3.8) is 0 Å². The van der Waals surface area contributed by atoms with E-state index in [-0.39, 0.29) is 11.5 Å². The normalized spacial score (nSPS) is 11.8. The van der Waals surface area contributed by atoms with Crippen LogP contribution in [-0.2, 0) is 10.8 Å². The number of Topliss-reactive ketones (excluding diaryl/α,β-unsaturated/α-hetero) is 1. The fraction of sp³-hybridized carbons (Fsp3) is 0.133. The van der Waals surface area contributed by atoms with Crippen LogP contribution in [0.3, 0.4) is 0 Å². The molecule has 1 unspecified atom stereocenters. The summed E-state index contributed by atoms with van der Waals surface area (Å²) < 4.78 is 17.1. The second-order valence-corrected chi connectivity index (χ2v) is 5.41. The lowest BCUT2D eigenvalue weighted by Gasteiger charge is -2.04. The van der Waals surface area contributed by atoms with Crippen molar-refractivity contribution in [2.45, 2.75) is 4.90 Å². The van der Waals surface area contributed by atoms with Crippen molar-refractivity contribution in [2.75, 3.05) is 12.9 Å². The van der Waals surface area contributed by atoms with Gasteiger partial charge in [-0.15, -0.1) is 0 Å². The second-order valence-electron chi connectivity index (χ2n) is 3.95. The molecule has 98 valence electrons. The van der Waals surface area contributed by atoms with E-state index in [2.05, 4.69) is 0 Å². The lowest BCUT2D eigenvalue weighted by atomic mass is 10.2. The van der Waals surface area contributed by atoms with Crippen molar-refractivity contribution < 1.29 is 13.7 Å². The third-order valence-corrected chi connectivity index (χ3v) is 4.00. The zero-order valence-corrected chi connectivity index (χ0v) is 11.4. The molecule has 0 aliphatic carbocycles. The molecule has 0 aromatic heterocycles. The monoisotopic (exact) mass is 274 g/mol. The van der Waals surface area contributed by atoms with Crippen molar-refractivity contribution in [2.24, 2.45) is 0 Å². The first-order valence-electron chi connectivity index (χ1n) is 5.81. The number of methoxy groups -OCH3 is 1. The van der Waals surface area contributed by atoms with E-state index >= 15 is 0 Å². The molecule has 19 heavy (non-hydrogen) atoms. The first kappa shape index (κ1) is 13.5. The second kappa shape index (κ2) is 6.29. The number of ketones is 1. The Morgan fingerprint density at radius 3 is 2.26 bits per heavy atom. The van der Waals surface area contributed by atoms with E-state index in [0.717, 1.165) is 0 Å². The molecule has 2 rings (SSSR count). The molecule has 2 aromatic rings. The van der Waals surface area contributed by atoms with Crippen LogP contribution in [0.2, 0.25) is 0 Å². The molecule has 0 heterocycles. The fourth-order valence-electron chi connectivity index (χ4n) is 1.64. The predicted octanol–water partition coefficient (Wildman–Crippen LogP) is 2.69. The summed E-state index contributed by atoms with van der Waals surface area (Å²) in [5, 5.41) is 0. The minimum absolute atomic E-state index is 0.00363. The summed E-state index contributed by atoms with van der Waals surface area (Å²) in [5.74, 6) is 0.584. The minimum atomic E-state index is -1.33. The Morgan fingerprint density at radius 2 is 1.68 bits per heavy atom. The van der Waals surface area contributed by atoms with Gasteiger partial charge in [-0.3, -0.25) is 9.00 Å². The highest BCUT2D eigenvalue weighted by Gasteiger charge is 2.12. The molecule has 0 saturated heterocycles. The minimum Gasteiger partial charge on any atom is -0.497 e. The summed E-state index contributed by atoms with van der Waals surface area (Å²) in [5.41, 5.74) is 0.587. The summed E-state index contributed by atoms with van der Waals surface area (Å²) in [4.78, 5) is 12.6. The molecule has 0 aliphatic rings. The molecule has 0 radical (unpaired) electrons. The number of hydrogen-bond acceptors (Lipinski definition) is 3. The van der Waals surface area contributed by atoms with Gasteiger partial charge in [0.2, 0.25) is 0 Å². The van der Waals surface area contributed by atoms with Crippen LogP contribution in [0.1, 0.15) is 10.4 Å². The molecule has 0 amide bonds. The van der Waals surface area contributed by atoms with Crippen molar-refractivity contribution in [3.05, 3.63) is 60.2 Å². The Hall–Kier alpha value is -1.94. The highest BCUT2D eigenvalue weighted by molar-refractivity contribution is 7.85. The van der Waals surface area contributed by atoms with Gasteiger partial charge in [-0.25, -0.2) is 0 Å². The number of hydrogen-bond donors (Lipinski definition) is 0. The van der Waals surface area contributed by atoms with Gasteiger partial charge >= 0.3 is 0 Å². The Bertz CT molecular complexity index is 576. The average Bonchev–Trinajstić information content (AvgIpc) is 2.48. The van der Waals surface area contributed by atoms with E-state index in [0.29, 0.717) is 16.2 Å². The lowest BCUT2D eigenvalue weighted by molar-refractivity contribution is 0.102. The summed E-state index contributed by atoms with van der Waals surface area (Å²) in [7, 11) is 0.245. The van der Waals surface area contributed by atoms with Crippen molar-refractivity contribution >= 4 is 16.6 Å². The molecule has 0 spiro atoms. The third-order valence-electron chi connectivity index (χ3n) is 2.68. The predicted molar refractivity (Wildman–Crippen MR) is 75.0 cm³/mol. The molecular formula is C15H14O3S. The van der Waals surface area contributed by atoms with Gasteiger partial charge in [-0.2, -0.15) is 0 Å². The molecule has 0 fully saturated rings. The van der Waals surface area contributed by atoms with Gasteiger partial charge in [0.05, 0.1) is 23.7 Å². The summed E-state index contributed by atoms with van der Waals surface area (Å²) in [6.07, 6.45) is 0. The Labute approximate surface area is 114 Å². The zero-order valence-electron chi connectivity index (χ0n) is 10.5. The van der Waals surface area contributed by atoms with Crippen LogP contribution in [0.15, 0.2) is 59.5 Å². The van der Waals surface area contributed by atoms with Crippen molar-refractivity contribution in [1.82, 2.24) is 0 Å². The molecule has 4 heteroatoms. The largest absolute Gasteiger partial charge is 0.497 e. The highest BCUT2D eigenvalue weighted by atomic mass is 32.2. The van der Waals surface area contributed by atoms with E-state index in [9.17, 15) is 9.00 Å². The van der Waals surface area contributed by atoms with Crippen LogP contribution in [-0.4, -0.2) is 22.9 Å². The lowest BCUT2D eigenvalue weighted by Crippen LogP contribution is -2.10. The maximum absolute atomic E-state index is 12.1. The van der Waals surface area contributed by atoms with Crippen molar-refractivity contribution in [3.8, 4) is 5.75 Å². The quantitative estimate of drug-likeness (QED) is 0.787. The number of ether oxygens (including phenoxy) is 1. The summed E-state index contributed by atoms with van der Waals surface area (Å²) in [6.45, 7) is 0. The van der Waals surface area contributed by atoms with E-state index in [1.54, 1.807) is 55.6 Å². The smallest absolute Gasteiger partial charge is 0.175 e. The van der Waals surface area contributed by atoms with E-state index < -0.39 is 10.8 Å². The van der Waals surface area contributed by atoms with Gasteiger partial charge < -0.3 is 4.74 Å². The van der Waals surface area contributed by atoms with Gasteiger partial charge in [0.25, 0.3) is 0 Å². The maximum Gasteiger partial charge on any atom is 0.175 e. The van der Waals surface area contributed by atoms with Crippen LogP contribution in [0.4, 0.5) is 0 Å². The number of carbonyl (C=O) groups is 1. The van der Waals surface area contributed by atoms with E-state index in [4.69, 9.17) is 4.74 Å². The summed E-state index contributed by atoms with van der Waals surface area (Å²) >= 11 is 0.